The normalized spacial score (nSPS) is 17.2. The van der Waals surface area contributed by atoms with Gasteiger partial charge in [0.05, 0.1) is 6.04 Å². The molecule has 1 atom stereocenters. The highest BCUT2D eigenvalue weighted by Gasteiger charge is 2.23. The van der Waals surface area contributed by atoms with Gasteiger partial charge >= 0.3 is 0 Å². The predicted octanol–water partition coefficient (Wildman–Crippen LogP) is 1.40. The van der Waals surface area contributed by atoms with Crippen molar-refractivity contribution in [1.29, 1.82) is 0 Å². The SMILES string of the molecule is CC#CC(=O)NC1CCc2cc(N)ccc21. The first-order valence-electron chi connectivity index (χ1n) is 5.32. The zero-order valence-corrected chi connectivity index (χ0v) is 9.21. The number of carbonyl (C=O) groups excluding carboxylic acids is 1. The van der Waals surface area contributed by atoms with Crippen LogP contribution >= 0.6 is 0 Å². The van der Waals surface area contributed by atoms with Gasteiger partial charge < -0.3 is 11.1 Å². The van der Waals surface area contributed by atoms with E-state index in [4.69, 9.17) is 5.73 Å². The van der Waals surface area contributed by atoms with E-state index in [1.165, 1.54) is 11.1 Å². The molecule has 0 heterocycles. The standard InChI is InChI=1S/C13H14N2O/c1-2-3-13(16)15-12-7-4-9-8-10(14)5-6-11(9)12/h5-6,8,12H,4,7,14H2,1H3,(H,15,16). The van der Waals surface area contributed by atoms with Crippen molar-refractivity contribution in [3.63, 3.8) is 0 Å². The summed E-state index contributed by atoms with van der Waals surface area (Å²) in [5.41, 5.74) is 8.89. The van der Waals surface area contributed by atoms with Gasteiger partial charge in [-0.3, -0.25) is 4.79 Å². The first-order chi connectivity index (χ1) is 7.70. The summed E-state index contributed by atoms with van der Waals surface area (Å²) >= 11 is 0. The molecule has 0 saturated heterocycles. The molecule has 0 aromatic heterocycles. The average Bonchev–Trinajstić information content (AvgIpc) is 2.61. The van der Waals surface area contributed by atoms with Gasteiger partial charge in [0.1, 0.15) is 0 Å². The number of hydrogen-bond donors (Lipinski definition) is 2. The van der Waals surface area contributed by atoms with Crippen LogP contribution in [0, 0.1) is 11.8 Å². The number of fused-ring (bicyclic) bond motifs is 1. The third-order valence-electron chi connectivity index (χ3n) is 2.79. The highest BCUT2D eigenvalue weighted by Crippen LogP contribution is 2.32. The van der Waals surface area contributed by atoms with Gasteiger partial charge in [-0.1, -0.05) is 12.0 Å². The van der Waals surface area contributed by atoms with Crippen LogP contribution in [-0.4, -0.2) is 5.91 Å². The topological polar surface area (TPSA) is 55.1 Å². The van der Waals surface area contributed by atoms with Crippen LogP contribution in [0.25, 0.3) is 0 Å². The molecule has 1 aromatic carbocycles. The Hall–Kier alpha value is -1.95. The minimum atomic E-state index is -0.211. The predicted molar refractivity (Wildman–Crippen MR) is 63.5 cm³/mol. The number of rotatable bonds is 1. The molecule has 1 aliphatic carbocycles. The zero-order valence-electron chi connectivity index (χ0n) is 9.21. The molecule has 0 saturated carbocycles. The highest BCUT2D eigenvalue weighted by molar-refractivity contribution is 5.93. The van der Waals surface area contributed by atoms with E-state index in [1.54, 1.807) is 6.92 Å². The lowest BCUT2D eigenvalue weighted by atomic mass is 10.1. The molecule has 1 aliphatic rings. The zero-order chi connectivity index (χ0) is 11.5. The van der Waals surface area contributed by atoms with E-state index in [0.717, 1.165) is 18.5 Å². The molecular weight excluding hydrogens is 200 g/mol. The molecule has 0 spiro atoms. The second-order valence-corrected chi connectivity index (χ2v) is 3.90. The third kappa shape index (κ3) is 2.01. The lowest BCUT2D eigenvalue weighted by Crippen LogP contribution is -2.25. The summed E-state index contributed by atoms with van der Waals surface area (Å²) in [6.45, 7) is 1.66. The summed E-state index contributed by atoms with van der Waals surface area (Å²) in [6, 6.07) is 5.92. The Morgan fingerprint density at radius 1 is 1.56 bits per heavy atom. The van der Waals surface area contributed by atoms with Crippen LogP contribution in [0.5, 0.6) is 0 Å². The number of carbonyl (C=O) groups is 1. The molecule has 3 N–H and O–H groups in total. The van der Waals surface area contributed by atoms with Gasteiger partial charge in [0.25, 0.3) is 5.91 Å². The smallest absolute Gasteiger partial charge is 0.296 e. The van der Waals surface area contributed by atoms with Gasteiger partial charge in [-0.25, -0.2) is 0 Å². The molecule has 1 aromatic rings. The van der Waals surface area contributed by atoms with Crippen LogP contribution in [0.4, 0.5) is 5.69 Å². The second kappa shape index (κ2) is 4.28. The van der Waals surface area contributed by atoms with Crippen molar-refractivity contribution in [2.75, 3.05) is 5.73 Å². The lowest BCUT2D eigenvalue weighted by Gasteiger charge is -2.11. The van der Waals surface area contributed by atoms with Gasteiger partial charge in [-0.15, -0.1) is 0 Å². The van der Waals surface area contributed by atoms with Crippen LogP contribution in [0.1, 0.15) is 30.5 Å². The van der Waals surface area contributed by atoms with Crippen LogP contribution in [0.3, 0.4) is 0 Å². The number of aryl methyl sites for hydroxylation is 1. The Kier molecular flexibility index (Phi) is 2.82. The molecule has 82 valence electrons. The summed E-state index contributed by atoms with van der Waals surface area (Å²) in [5.74, 6) is 4.87. The van der Waals surface area contributed by atoms with E-state index in [1.807, 2.05) is 18.2 Å². The maximum Gasteiger partial charge on any atom is 0.296 e. The fourth-order valence-corrected chi connectivity index (χ4v) is 2.10. The van der Waals surface area contributed by atoms with E-state index in [-0.39, 0.29) is 11.9 Å². The quantitative estimate of drug-likeness (QED) is 0.548. The second-order valence-electron chi connectivity index (χ2n) is 3.90. The van der Waals surface area contributed by atoms with Crippen LogP contribution in [0.15, 0.2) is 18.2 Å². The molecule has 3 heteroatoms. The molecule has 16 heavy (non-hydrogen) atoms. The number of benzene rings is 1. The minimum absolute atomic E-state index is 0.0870. The van der Waals surface area contributed by atoms with Gasteiger partial charge in [0.2, 0.25) is 0 Å². The Balaban J connectivity index is 2.17. The molecule has 1 amide bonds. The van der Waals surface area contributed by atoms with Gasteiger partial charge in [-0.05, 0) is 48.9 Å². The van der Waals surface area contributed by atoms with Crippen molar-refractivity contribution in [3.05, 3.63) is 29.3 Å². The summed E-state index contributed by atoms with van der Waals surface area (Å²) in [7, 11) is 0. The maximum atomic E-state index is 11.4. The van der Waals surface area contributed by atoms with E-state index in [9.17, 15) is 4.79 Å². The molecule has 0 bridgehead atoms. The van der Waals surface area contributed by atoms with Gasteiger partial charge in [0, 0.05) is 5.69 Å². The van der Waals surface area contributed by atoms with Crippen molar-refractivity contribution in [1.82, 2.24) is 5.32 Å². The molecule has 1 unspecified atom stereocenters. The summed E-state index contributed by atoms with van der Waals surface area (Å²) < 4.78 is 0. The summed E-state index contributed by atoms with van der Waals surface area (Å²) in [6.07, 6.45) is 1.89. The molecule has 0 aliphatic heterocycles. The number of nitrogens with two attached hydrogens (primary N) is 1. The van der Waals surface area contributed by atoms with Crippen LogP contribution in [-0.2, 0) is 11.2 Å². The van der Waals surface area contributed by atoms with E-state index < -0.39 is 0 Å². The summed E-state index contributed by atoms with van der Waals surface area (Å²) in [5, 5.41) is 2.90. The average molecular weight is 214 g/mol. The van der Waals surface area contributed by atoms with Gasteiger partial charge in [-0.2, -0.15) is 0 Å². The largest absolute Gasteiger partial charge is 0.399 e. The first-order valence-corrected chi connectivity index (χ1v) is 5.32. The number of anilines is 1. The Bertz CT molecular complexity index is 482. The number of hydrogen-bond acceptors (Lipinski definition) is 2. The Morgan fingerprint density at radius 3 is 3.12 bits per heavy atom. The highest BCUT2D eigenvalue weighted by atomic mass is 16.1. The van der Waals surface area contributed by atoms with E-state index in [2.05, 4.69) is 17.2 Å². The number of nitrogens with one attached hydrogen (secondary N) is 1. The van der Waals surface area contributed by atoms with Gasteiger partial charge in [0.15, 0.2) is 0 Å². The summed E-state index contributed by atoms with van der Waals surface area (Å²) in [4.78, 5) is 11.4. The molecule has 3 nitrogen and oxygen atoms in total. The first kappa shape index (κ1) is 10.6. The minimum Gasteiger partial charge on any atom is -0.399 e. The fourth-order valence-electron chi connectivity index (χ4n) is 2.10. The third-order valence-corrected chi connectivity index (χ3v) is 2.79. The van der Waals surface area contributed by atoms with Crippen molar-refractivity contribution in [2.45, 2.75) is 25.8 Å². The van der Waals surface area contributed by atoms with Crippen molar-refractivity contribution in [2.24, 2.45) is 0 Å². The molecule has 0 fully saturated rings. The van der Waals surface area contributed by atoms with Crippen molar-refractivity contribution >= 4 is 11.6 Å². The Morgan fingerprint density at radius 2 is 2.38 bits per heavy atom. The Labute approximate surface area is 95.0 Å². The fraction of sp³-hybridized carbons (Fsp3) is 0.308. The van der Waals surface area contributed by atoms with Crippen molar-refractivity contribution in [3.8, 4) is 11.8 Å². The van der Waals surface area contributed by atoms with E-state index >= 15 is 0 Å². The molecular formula is C13H14N2O. The number of nitrogen functional groups attached to an aromatic ring is 1. The monoisotopic (exact) mass is 214 g/mol. The van der Waals surface area contributed by atoms with Crippen molar-refractivity contribution < 1.29 is 4.79 Å². The van der Waals surface area contributed by atoms with Crippen LogP contribution < -0.4 is 11.1 Å². The number of amides is 1. The lowest BCUT2D eigenvalue weighted by molar-refractivity contribution is -0.116. The van der Waals surface area contributed by atoms with Crippen LogP contribution in [0.2, 0.25) is 0 Å². The molecule has 2 rings (SSSR count). The molecule has 0 radical (unpaired) electrons. The van der Waals surface area contributed by atoms with E-state index in [0.29, 0.717) is 0 Å². The maximum absolute atomic E-state index is 11.4.